The van der Waals surface area contributed by atoms with E-state index < -0.39 is 5.91 Å². The van der Waals surface area contributed by atoms with Crippen LogP contribution in [0.3, 0.4) is 0 Å². The van der Waals surface area contributed by atoms with Gasteiger partial charge in [-0.15, -0.1) is 0 Å². The maximum atomic E-state index is 13.6. The molecule has 0 radical (unpaired) electrons. The first kappa shape index (κ1) is 28.9. The first-order valence-electron chi connectivity index (χ1n) is 13.8. The zero-order valence-electron chi connectivity index (χ0n) is 23.2. The van der Waals surface area contributed by atoms with Gasteiger partial charge in [-0.2, -0.15) is 0 Å². The van der Waals surface area contributed by atoms with Crippen molar-refractivity contribution in [1.29, 1.82) is 0 Å². The van der Waals surface area contributed by atoms with Crippen LogP contribution in [-0.4, -0.2) is 47.5 Å². The van der Waals surface area contributed by atoms with Crippen LogP contribution in [0.1, 0.15) is 56.8 Å². The Hall–Kier alpha value is -4.63. The molecule has 2 heterocycles. The third-order valence-corrected chi connectivity index (χ3v) is 7.30. The van der Waals surface area contributed by atoms with E-state index in [2.05, 4.69) is 10.3 Å². The minimum absolute atomic E-state index is 0.0828. The van der Waals surface area contributed by atoms with E-state index in [4.69, 9.17) is 21.1 Å². The van der Waals surface area contributed by atoms with Gasteiger partial charge in [-0.1, -0.05) is 23.7 Å². The molecule has 1 aliphatic rings. The van der Waals surface area contributed by atoms with Gasteiger partial charge in [0.15, 0.2) is 0 Å². The Morgan fingerprint density at radius 3 is 2.69 bits per heavy atom. The number of aromatic nitrogens is 2. The molecule has 1 aliphatic heterocycles. The highest BCUT2D eigenvalue weighted by Crippen LogP contribution is 2.32. The predicted molar refractivity (Wildman–Crippen MR) is 161 cm³/mol. The summed E-state index contributed by atoms with van der Waals surface area (Å²) in [5.74, 6) is 0.130. The molecule has 10 heteroatoms. The molecule has 0 saturated carbocycles. The van der Waals surface area contributed by atoms with Crippen molar-refractivity contribution in [1.82, 2.24) is 9.55 Å². The average molecular weight is 587 g/mol. The summed E-state index contributed by atoms with van der Waals surface area (Å²) in [6.45, 7) is 0.861. The number of carbonyl (C=O) groups is 3. The molecule has 1 aromatic heterocycles. The number of para-hydroxylation sites is 1. The molecule has 0 aliphatic carbocycles. The van der Waals surface area contributed by atoms with E-state index in [1.165, 1.54) is 18.0 Å². The number of hydrogen-bond donors (Lipinski definition) is 1. The van der Waals surface area contributed by atoms with Crippen LogP contribution in [0, 0.1) is 0 Å². The molecule has 1 N–H and O–H groups in total. The van der Waals surface area contributed by atoms with Gasteiger partial charge in [-0.05, 0) is 79.8 Å². The van der Waals surface area contributed by atoms with Crippen molar-refractivity contribution in [3.05, 3.63) is 101 Å². The van der Waals surface area contributed by atoms with E-state index in [0.717, 1.165) is 30.5 Å². The lowest BCUT2D eigenvalue weighted by molar-refractivity contribution is 0.0890. The second kappa shape index (κ2) is 13.4. The van der Waals surface area contributed by atoms with Crippen molar-refractivity contribution in [2.24, 2.45) is 0 Å². The van der Waals surface area contributed by atoms with Crippen molar-refractivity contribution >= 4 is 40.7 Å². The Morgan fingerprint density at radius 2 is 1.88 bits per heavy atom. The van der Waals surface area contributed by atoms with Crippen molar-refractivity contribution in [2.75, 3.05) is 30.5 Å². The van der Waals surface area contributed by atoms with Gasteiger partial charge >= 0.3 is 0 Å². The van der Waals surface area contributed by atoms with E-state index in [0.29, 0.717) is 46.3 Å². The quantitative estimate of drug-likeness (QED) is 0.232. The first-order chi connectivity index (χ1) is 20.4. The van der Waals surface area contributed by atoms with Crippen LogP contribution in [0.4, 0.5) is 11.4 Å². The van der Waals surface area contributed by atoms with Crippen molar-refractivity contribution in [3.63, 3.8) is 0 Å². The number of aryl methyl sites for hydroxylation is 1. The van der Waals surface area contributed by atoms with E-state index >= 15 is 0 Å². The number of methoxy groups -OCH3 is 1. The Balaban J connectivity index is 1.26. The molecule has 0 saturated heterocycles. The lowest BCUT2D eigenvalue weighted by atomic mass is 10.1. The van der Waals surface area contributed by atoms with Gasteiger partial charge in [0.25, 0.3) is 11.8 Å². The standard InChI is InChI=1S/C32H31ClN4O5/c1-41-29-20-23(32(40)37-16-5-4-7-22-19-24(33)12-14-27(22)37)11-13-26(29)35-31(39)25-8-2-3-9-28(25)42-18-6-10-30(38)36-17-15-34-21-36/h2-3,8-9,11-15,17,19-21H,4-7,10,16,18H2,1H3,(H,35,39). The fraction of sp³-hybridized carbons (Fsp3) is 0.250. The molecule has 42 heavy (non-hydrogen) atoms. The molecule has 9 nitrogen and oxygen atoms in total. The van der Waals surface area contributed by atoms with Crippen LogP contribution in [0.25, 0.3) is 0 Å². The Bertz CT molecular complexity index is 1590. The number of carbonyl (C=O) groups excluding carboxylic acids is 3. The second-order valence-corrected chi connectivity index (χ2v) is 10.3. The van der Waals surface area contributed by atoms with Crippen LogP contribution < -0.4 is 19.7 Å². The average Bonchev–Trinajstić information content (AvgIpc) is 3.47. The SMILES string of the molecule is COc1cc(C(=O)N2CCCCc3cc(Cl)ccc32)ccc1NC(=O)c1ccccc1OCCCC(=O)n1ccnc1. The highest BCUT2D eigenvalue weighted by atomic mass is 35.5. The molecule has 3 aromatic carbocycles. The fourth-order valence-corrected chi connectivity index (χ4v) is 5.12. The predicted octanol–water partition coefficient (Wildman–Crippen LogP) is 6.28. The summed E-state index contributed by atoms with van der Waals surface area (Å²) in [5.41, 5.74) is 3.11. The lowest BCUT2D eigenvalue weighted by Crippen LogP contribution is -2.31. The van der Waals surface area contributed by atoms with Crippen LogP contribution in [0.5, 0.6) is 11.5 Å². The van der Waals surface area contributed by atoms with Crippen LogP contribution in [0.15, 0.2) is 79.4 Å². The number of benzene rings is 3. The third kappa shape index (κ3) is 6.63. The Morgan fingerprint density at radius 1 is 1.02 bits per heavy atom. The van der Waals surface area contributed by atoms with Crippen molar-refractivity contribution in [2.45, 2.75) is 32.1 Å². The molecule has 0 fully saturated rings. The van der Waals surface area contributed by atoms with Gasteiger partial charge in [0, 0.05) is 41.6 Å². The minimum atomic E-state index is -0.393. The maximum absolute atomic E-state index is 13.6. The van der Waals surface area contributed by atoms with E-state index in [1.807, 2.05) is 12.1 Å². The van der Waals surface area contributed by atoms with Gasteiger partial charge in [0.05, 0.1) is 25.0 Å². The minimum Gasteiger partial charge on any atom is -0.495 e. The Kier molecular flexibility index (Phi) is 9.18. The van der Waals surface area contributed by atoms with Gasteiger partial charge in [0.2, 0.25) is 5.91 Å². The number of hydrogen-bond acceptors (Lipinski definition) is 6. The number of imidazole rings is 1. The largest absolute Gasteiger partial charge is 0.495 e. The third-order valence-electron chi connectivity index (χ3n) is 7.07. The summed E-state index contributed by atoms with van der Waals surface area (Å²) in [4.78, 5) is 44.7. The van der Waals surface area contributed by atoms with Crippen LogP contribution >= 0.6 is 11.6 Å². The molecule has 0 unspecified atom stereocenters. The molecule has 4 aromatic rings. The number of nitrogens with one attached hydrogen (secondary N) is 1. The van der Waals surface area contributed by atoms with Gasteiger partial charge in [-0.3, -0.25) is 19.0 Å². The van der Waals surface area contributed by atoms with Crippen molar-refractivity contribution in [3.8, 4) is 11.5 Å². The van der Waals surface area contributed by atoms with E-state index in [1.54, 1.807) is 65.8 Å². The number of nitrogens with zero attached hydrogens (tertiary/aromatic N) is 3. The summed E-state index contributed by atoms with van der Waals surface area (Å²) in [5, 5.41) is 3.53. The number of amides is 2. The molecule has 216 valence electrons. The highest BCUT2D eigenvalue weighted by molar-refractivity contribution is 6.30. The molecule has 0 atom stereocenters. The molecule has 2 amide bonds. The normalized spacial score (nSPS) is 12.7. The maximum Gasteiger partial charge on any atom is 0.259 e. The molecule has 0 spiro atoms. The topological polar surface area (TPSA) is 103 Å². The number of anilines is 2. The smallest absolute Gasteiger partial charge is 0.259 e. The number of halogens is 1. The summed E-state index contributed by atoms with van der Waals surface area (Å²) in [7, 11) is 1.49. The summed E-state index contributed by atoms with van der Waals surface area (Å²) < 4.78 is 12.8. The summed E-state index contributed by atoms with van der Waals surface area (Å²) in [6, 6.07) is 17.5. The molecular formula is C32H31ClN4O5. The molecule has 0 bridgehead atoms. The number of rotatable bonds is 9. The fourth-order valence-electron chi connectivity index (χ4n) is 4.93. The van der Waals surface area contributed by atoms with Crippen LogP contribution in [0.2, 0.25) is 5.02 Å². The van der Waals surface area contributed by atoms with Crippen LogP contribution in [-0.2, 0) is 6.42 Å². The van der Waals surface area contributed by atoms with E-state index in [-0.39, 0.29) is 24.8 Å². The lowest BCUT2D eigenvalue weighted by Gasteiger charge is -2.23. The molecular weight excluding hydrogens is 556 g/mol. The summed E-state index contributed by atoms with van der Waals surface area (Å²) >= 11 is 6.21. The zero-order chi connectivity index (χ0) is 29.5. The molecule has 5 rings (SSSR count). The zero-order valence-corrected chi connectivity index (χ0v) is 24.0. The van der Waals surface area contributed by atoms with Gasteiger partial charge in [0.1, 0.15) is 17.8 Å². The summed E-state index contributed by atoms with van der Waals surface area (Å²) in [6.07, 6.45) is 8.09. The van der Waals surface area contributed by atoms with E-state index in [9.17, 15) is 14.4 Å². The van der Waals surface area contributed by atoms with Crippen molar-refractivity contribution < 1.29 is 23.9 Å². The van der Waals surface area contributed by atoms with Gasteiger partial charge in [-0.25, -0.2) is 4.98 Å². The highest BCUT2D eigenvalue weighted by Gasteiger charge is 2.24. The second-order valence-electron chi connectivity index (χ2n) is 9.87. The number of fused-ring (bicyclic) bond motifs is 1. The van der Waals surface area contributed by atoms with Gasteiger partial charge < -0.3 is 19.7 Å². The number of ether oxygens (including phenoxy) is 2. The monoisotopic (exact) mass is 586 g/mol. The Labute approximate surface area is 249 Å². The first-order valence-corrected chi connectivity index (χ1v) is 14.1.